The first-order valence-corrected chi connectivity index (χ1v) is 7.92. The van der Waals surface area contributed by atoms with Crippen molar-refractivity contribution in [2.24, 2.45) is 11.5 Å². The summed E-state index contributed by atoms with van der Waals surface area (Å²) in [6.07, 6.45) is 0.503. The Morgan fingerprint density at radius 1 is 0.692 bits per heavy atom. The highest BCUT2D eigenvalue weighted by atomic mass is 14.6. The van der Waals surface area contributed by atoms with E-state index in [1.807, 2.05) is 48.5 Å². The van der Waals surface area contributed by atoms with E-state index in [9.17, 15) is 10.5 Å². The third-order valence-electron chi connectivity index (χ3n) is 3.99. The van der Waals surface area contributed by atoms with Crippen molar-refractivity contribution in [2.45, 2.75) is 12.8 Å². The smallest absolute Gasteiger partial charge is 0.102 e. The highest BCUT2D eigenvalue weighted by Gasteiger charge is 2.15. The van der Waals surface area contributed by atoms with Crippen molar-refractivity contribution in [3.8, 4) is 12.1 Å². The molecule has 0 aliphatic rings. The third-order valence-corrected chi connectivity index (χ3v) is 3.99. The Bertz CT molecular complexity index is 877. The number of nitriles is 2. The number of anilines is 2. The van der Waals surface area contributed by atoms with Gasteiger partial charge in [0.2, 0.25) is 0 Å². The van der Waals surface area contributed by atoms with E-state index in [2.05, 4.69) is 0 Å². The Labute approximate surface area is 152 Å². The summed E-state index contributed by atoms with van der Waals surface area (Å²) >= 11 is 0. The lowest BCUT2D eigenvalue weighted by atomic mass is 9.97. The van der Waals surface area contributed by atoms with Gasteiger partial charge in [0.25, 0.3) is 0 Å². The van der Waals surface area contributed by atoms with Gasteiger partial charge in [0.15, 0.2) is 0 Å². The van der Waals surface area contributed by atoms with Gasteiger partial charge in [0.05, 0.1) is 11.1 Å². The molecule has 2 aromatic carbocycles. The third kappa shape index (κ3) is 4.14. The topological polar surface area (TPSA) is 152 Å². The van der Waals surface area contributed by atoms with E-state index >= 15 is 0 Å². The number of para-hydroxylation sites is 2. The SMILES string of the molecule is N#CC(=C(/N)Cc1ccccc1N)/C(C#N)=C(\N)Cc1ccccc1N. The van der Waals surface area contributed by atoms with Crippen LogP contribution in [0.15, 0.2) is 71.1 Å². The fourth-order valence-corrected chi connectivity index (χ4v) is 2.55. The van der Waals surface area contributed by atoms with Crippen LogP contribution in [-0.4, -0.2) is 0 Å². The molecule has 0 heterocycles. The van der Waals surface area contributed by atoms with E-state index in [1.165, 1.54) is 0 Å². The van der Waals surface area contributed by atoms with Crippen LogP contribution in [-0.2, 0) is 12.8 Å². The van der Waals surface area contributed by atoms with Crippen LogP contribution in [0, 0.1) is 22.7 Å². The highest BCUT2D eigenvalue weighted by Crippen LogP contribution is 2.22. The van der Waals surface area contributed by atoms with Crippen molar-refractivity contribution < 1.29 is 0 Å². The molecule has 0 radical (unpaired) electrons. The van der Waals surface area contributed by atoms with Gasteiger partial charge >= 0.3 is 0 Å². The molecule has 0 fully saturated rings. The van der Waals surface area contributed by atoms with Gasteiger partial charge in [0, 0.05) is 35.6 Å². The van der Waals surface area contributed by atoms with Gasteiger partial charge in [-0.3, -0.25) is 0 Å². The van der Waals surface area contributed by atoms with Crippen LogP contribution < -0.4 is 22.9 Å². The number of hydrogen-bond donors (Lipinski definition) is 4. The first kappa shape index (κ1) is 18.4. The lowest BCUT2D eigenvalue weighted by molar-refractivity contribution is 1.06. The van der Waals surface area contributed by atoms with E-state index in [0.29, 0.717) is 11.4 Å². The molecule has 8 N–H and O–H groups in total. The average molecular weight is 344 g/mol. The van der Waals surface area contributed by atoms with Gasteiger partial charge in [-0.2, -0.15) is 10.5 Å². The zero-order valence-electron chi connectivity index (χ0n) is 14.2. The highest BCUT2D eigenvalue weighted by molar-refractivity contribution is 5.58. The summed E-state index contributed by atoms with van der Waals surface area (Å²) in [5.41, 5.74) is 27.3. The zero-order chi connectivity index (χ0) is 19.1. The molecule has 0 saturated heterocycles. The molecular weight excluding hydrogens is 324 g/mol. The Balaban J connectivity index is 2.42. The number of benzene rings is 2. The van der Waals surface area contributed by atoms with Crippen molar-refractivity contribution in [1.29, 1.82) is 10.5 Å². The Morgan fingerprint density at radius 2 is 1.04 bits per heavy atom. The first-order valence-electron chi connectivity index (χ1n) is 7.92. The van der Waals surface area contributed by atoms with E-state index in [1.54, 1.807) is 12.1 Å². The number of nitrogens with zero attached hydrogens (tertiary/aromatic N) is 2. The molecule has 0 unspecified atom stereocenters. The molecule has 130 valence electrons. The van der Waals surface area contributed by atoms with Crippen LogP contribution in [0.4, 0.5) is 11.4 Å². The van der Waals surface area contributed by atoms with Crippen LogP contribution in [0.25, 0.3) is 0 Å². The molecule has 0 atom stereocenters. The molecule has 0 aliphatic carbocycles. The fraction of sp³-hybridized carbons (Fsp3) is 0.100. The fourth-order valence-electron chi connectivity index (χ4n) is 2.55. The van der Waals surface area contributed by atoms with Crippen molar-refractivity contribution in [1.82, 2.24) is 0 Å². The molecule has 0 aliphatic heterocycles. The molecule has 0 aromatic heterocycles. The molecule has 26 heavy (non-hydrogen) atoms. The maximum absolute atomic E-state index is 9.53. The molecule has 6 heteroatoms. The van der Waals surface area contributed by atoms with Gasteiger partial charge in [-0.15, -0.1) is 0 Å². The van der Waals surface area contributed by atoms with Crippen molar-refractivity contribution in [3.63, 3.8) is 0 Å². The molecule has 0 amide bonds. The Morgan fingerprint density at radius 3 is 1.35 bits per heavy atom. The monoisotopic (exact) mass is 344 g/mol. The number of nitrogens with two attached hydrogens (primary N) is 4. The van der Waals surface area contributed by atoms with Gasteiger partial charge in [0.1, 0.15) is 12.1 Å². The van der Waals surface area contributed by atoms with Gasteiger partial charge < -0.3 is 22.9 Å². The summed E-state index contributed by atoms with van der Waals surface area (Å²) in [6.45, 7) is 0. The second-order valence-corrected chi connectivity index (χ2v) is 5.78. The summed E-state index contributed by atoms with van der Waals surface area (Å²) in [6, 6.07) is 18.4. The molecule has 2 aromatic rings. The number of allylic oxidation sites excluding steroid dienone is 4. The maximum atomic E-state index is 9.53. The van der Waals surface area contributed by atoms with Gasteiger partial charge in [-0.25, -0.2) is 0 Å². The lowest BCUT2D eigenvalue weighted by Crippen LogP contribution is -2.13. The summed E-state index contributed by atoms with van der Waals surface area (Å²) in [5, 5.41) is 19.1. The summed E-state index contributed by atoms with van der Waals surface area (Å²) < 4.78 is 0. The van der Waals surface area contributed by atoms with Crippen LogP contribution in [0.2, 0.25) is 0 Å². The Hall–Kier alpha value is -3.90. The summed E-state index contributed by atoms with van der Waals surface area (Å²) in [7, 11) is 0. The van der Waals surface area contributed by atoms with Crippen LogP contribution in [0.3, 0.4) is 0 Å². The predicted octanol–water partition coefficient (Wildman–Crippen LogP) is 2.11. The van der Waals surface area contributed by atoms with E-state index in [4.69, 9.17) is 22.9 Å². The van der Waals surface area contributed by atoms with Crippen LogP contribution in [0.5, 0.6) is 0 Å². The minimum absolute atomic E-state index is 0.0581. The predicted molar refractivity (Wildman–Crippen MR) is 103 cm³/mol. The van der Waals surface area contributed by atoms with Gasteiger partial charge in [-0.1, -0.05) is 36.4 Å². The van der Waals surface area contributed by atoms with E-state index < -0.39 is 0 Å². The second-order valence-electron chi connectivity index (χ2n) is 5.78. The van der Waals surface area contributed by atoms with Crippen LogP contribution >= 0.6 is 0 Å². The quantitative estimate of drug-likeness (QED) is 0.370. The number of hydrogen-bond acceptors (Lipinski definition) is 6. The average Bonchev–Trinajstić information content (AvgIpc) is 2.63. The normalized spacial score (nSPS) is 12.4. The van der Waals surface area contributed by atoms with Crippen molar-refractivity contribution in [3.05, 3.63) is 82.2 Å². The largest absolute Gasteiger partial charge is 0.401 e. The first-order chi connectivity index (χ1) is 12.5. The van der Waals surface area contributed by atoms with Crippen molar-refractivity contribution in [2.75, 3.05) is 11.5 Å². The van der Waals surface area contributed by atoms with Crippen molar-refractivity contribution >= 4 is 11.4 Å². The van der Waals surface area contributed by atoms with E-state index in [-0.39, 0.29) is 35.4 Å². The lowest BCUT2D eigenvalue weighted by Gasteiger charge is -2.11. The number of rotatable bonds is 5. The van der Waals surface area contributed by atoms with E-state index in [0.717, 1.165) is 11.1 Å². The summed E-state index contributed by atoms with van der Waals surface area (Å²) in [5.74, 6) is 0. The summed E-state index contributed by atoms with van der Waals surface area (Å²) in [4.78, 5) is 0. The minimum atomic E-state index is 0.0581. The molecule has 6 nitrogen and oxygen atoms in total. The Kier molecular flexibility index (Phi) is 5.87. The molecule has 0 bridgehead atoms. The molecule has 2 rings (SSSR count). The minimum Gasteiger partial charge on any atom is -0.401 e. The molecule has 0 spiro atoms. The standard InChI is InChI=1S/C20H20N6/c21-11-15(19(25)9-13-5-1-3-7-17(13)23)16(12-22)20(26)10-14-6-2-4-8-18(14)24/h1-8H,9-10,23-26H2/b19-15-,20-16-. The molecular formula is C20H20N6. The molecule has 0 saturated carbocycles. The van der Waals surface area contributed by atoms with Crippen LogP contribution in [0.1, 0.15) is 11.1 Å². The van der Waals surface area contributed by atoms with Gasteiger partial charge in [-0.05, 0) is 23.3 Å². The second kappa shape index (κ2) is 8.27. The maximum Gasteiger partial charge on any atom is 0.102 e. The number of nitrogen functional groups attached to an aromatic ring is 2. The zero-order valence-corrected chi connectivity index (χ0v) is 14.2.